The van der Waals surface area contributed by atoms with E-state index in [1.807, 2.05) is 0 Å². The van der Waals surface area contributed by atoms with Crippen molar-refractivity contribution in [3.8, 4) is 0 Å². The fourth-order valence-electron chi connectivity index (χ4n) is 5.80. The van der Waals surface area contributed by atoms with Gasteiger partial charge in [-0.25, -0.2) is 0 Å². The summed E-state index contributed by atoms with van der Waals surface area (Å²) in [5.41, 5.74) is 0. The number of hydrogen-bond acceptors (Lipinski definition) is 12. The molecule has 12 nitrogen and oxygen atoms in total. The highest BCUT2D eigenvalue weighted by molar-refractivity contribution is 5.69. The van der Waals surface area contributed by atoms with Crippen LogP contribution in [0.5, 0.6) is 0 Å². The molecule has 0 aromatic heterocycles. The normalized spacial score (nSPS) is 32.5. The number of unbranched alkanes of at least 4 members (excludes halogenated alkanes) is 16. The Balaban J connectivity index is 1.58. The van der Waals surface area contributed by atoms with Crippen molar-refractivity contribution in [3.05, 3.63) is 0 Å². The Bertz CT molecular complexity index is 740. The van der Waals surface area contributed by atoms with E-state index in [0.29, 0.717) is 6.42 Å². The molecule has 44 heavy (non-hydrogen) atoms. The zero-order valence-corrected chi connectivity index (χ0v) is 26.6. The molecule has 260 valence electrons. The van der Waals surface area contributed by atoms with Crippen molar-refractivity contribution >= 4 is 5.97 Å². The van der Waals surface area contributed by atoms with Gasteiger partial charge in [-0.05, 0) is 6.42 Å². The molecule has 0 bridgehead atoms. The smallest absolute Gasteiger partial charge is 0.305 e. The summed E-state index contributed by atoms with van der Waals surface area (Å²) in [5.74, 6) is -0.490. The predicted octanol–water partition coefficient (Wildman–Crippen LogP) is 2.20. The van der Waals surface area contributed by atoms with Gasteiger partial charge in [-0.15, -0.1) is 0 Å². The summed E-state index contributed by atoms with van der Waals surface area (Å²) >= 11 is 0. The van der Waals surface area contributed by atoms with Gasteiger partial charge in [-0.2, -0.15) is 0 Å². The Morgan fingerprint density at radius 3 is 1.59 bits per heavy atom. The third kappa shape index (κ3) is 13.8. The minimum atomic E-state index is -1.78. The number of carbonyl (C=O) groups is 1. The van der Waals surface area contributed by atoms with Gasteiger partial charge >= 0.3 is 5.97 Å². The van der Waals surface area contributed by atoms with Gasteiger partial charge < -0.3 is 54.7 Å². The van der Waals surface area contributed by atoms with Gasteiger partial charge in [0, 0.05) is 6.42 Å². The minimum absolute atomic E-state index is 0.192. The van der Waals surface area contributed by atoms with E-state index >= 15 is 0 Å². The number of hydrogen-bond donors (Lipinski definition) is 7. The minimum Gasteiger partial charge on any atom is -0.463 e. The Morgan fingerprint density at radius 2 is 1.09 bits per heavy atom. The number of aliphatic hydroxyl groups is 7. The molecule has 2 rings (SSSR count). The van der Waals surface area contributed by atoms with Gasteiger partial charge in [0.25, 0.3) is 0 Å². The summed E-state index contributed by atoms with van der Waals surface area (Å²) in [5, 5.41) is 70.2. The first-order valence-corrected chi connectivity index (χ1v) is 17.0. The molecule has 0 aromatic carbocycles. The molecule has 0 unspecified atom stereocenters. The SMILES string of the molecule is CCCCCCCCCCCCCCCCCCCC(=O)OC[C@H]1O[C@H](O)[C@@H](O)[C@@H](O)[C@@H]1O[C@@H]1O[C@H](CO)[C@@H](O)[C@H](O)[C@@H]1O. The second kappa shape index (κ2) is 22.6. The zero-order chi connectivity index (χ0) is 32.3. The van der Waals surface area contributed by atoms with Gasteiger partial charge in [0.05, 0.1) is 6.61 Å². The van der Waals surface area contributed by atoms with Gasteiger partial charge in [0.2, 0.25) is 0 Å². The second-order valence-electron chi connectivity index (χ2n) is 12.4. The van der Waals surface area contributed by atoms with E-state index in [1.165, 1.54) is 83.5 Å². The first kappa shape index (κ1) is 39.2. The fraction of sp³-hybridized carbons (Fsp3) is 0.969. The monoisotopic (exact) mass is 636 g/mol. The van der Waals surface area contributed by atoms with Gasteiger partial charge in [0.1, 0.15) is 55.4 Å². The van der Waals surface area contributed by atoms with E-state index in [0.717, 1.165) is 19.3 Å². The van der Waals surface area contributed by atoms with Crippen molar-refractivity contribution in [3.63, 3.8) is 0 Å². The van der Waals surface area contributed by atoms with E-state index in [-0.39, 0.29) is 6.42 Å². The first-order valence-electron chi connectivity index (χ1n) is 17.0. The van der Waals surface area contributed by atoms with E-state index in [4.69, 9.17) is 18.9 Å². The predicted molar refractivity (Wildman–Crippen MR) is 161 cm³/mol. The molecule has 12 heteroatoms. The van der Waals surface area contributed by atoms with Crippen LogP contribution in [0.1, 0.15) is 122 Å². The molecule has 2 aliphatic heterocycles. The Kier molecular flexibility index (Phi) is 20.1. The summed E-state index contributed by atoms with van der Waals surface area (Å²) in [6.45, 7) is 1.15. The molecule has 2 aliphatic rings. The molecule has 0 aromatic rings. The van der Waals surface area contributed by atoms with Gasteiger partial charge in [0.15, 0.2) is 12.6 Å². The topological polar surface area (TPSA) is 196 Å². The van der Waals surface area contributed by atoms with Gasteiger partial charge in [-0.3, -0.25) is 4.79 Å². The Morgan fingerprint density at radius 1 is 0.591 bits per heavy atom. The molecule has 0 spiro atoms. The Labute approximate surface area is 262 Å². The average molecular weight is 637 g/mol. The molecule has 0 saturated carbocycles. The lowest BCUT2D eigenvalue weighted by molar-refractivity contribution is -0.355. The van der Waals surface area contributed by atoms with Crippen molar-refractivity contribution < 1.29 is 59.5 Å². The standard InChI is InChI=1S/C32H60O12/c1-2-3-4-5-6-7-8-9-10-11-12-13-14-15-16-17-18-19-24(34)41-21-23-30(27(37)28(38)31(40)42-23)44-32-29(39)26(36)25(35)22(20-33)43-32/h22-23,25-33,35-40H,2-21H2,1H3/t22-,23-,25-,26+,27-,28+,29+,30-,31+,32+/m1/s1. The van der Waals surface area contributed by atoms with Crippen molar-refractivity contribution in [2.75, 3.05) is 13.2 Å². The first-order chi connectivity index (χ1) is 21.2. The van der Waals surface area contributed by atoms with E-state index < -0.39 is 80.6 Å². The van der Waals surface area contributed by atoms with Crippen molar-refractivity contribution in [1.82, 2.24) is 0 Å². The zero-order valence-electron chi connectivity index (χ0n) is 26.6. The largest absolute Gasteiger partial charge is 0.463 e. The molecule has 0 amide bonds. The van der Waals surface area contributed by atoms with Crippen LogP contribution in [0.4, 0.5) is 0 Å². The van der Waals surface area contributed by atoms with Crippen molar-refractivity contribution in [2.24, 2.45) is 0 Å². The number of ether oxygens (including phenoxy) is 4. The van der Waals surface area contributed by atoms with Crippen LogP contribution in [0.3, 0.4) is 0 Å². The number of aliphatic hydroxyl groups excluding tert-OH is 7. The van der Waals surface area contributed by atoms with Crippen LogP contribution in [-0.2, 0) is 23.7 Å². The molecule has 2 heterocycles. The van der Waals surface area contributed by atoms with E-state index in [1.54, 1.807) is 0 Å². The highest BCUT2D eigenvalue weighted by Crippen LogP contribution is 2.29. The highest BCUT2D eigenvalue weighted by Gasteiger charge is 2.50. The lowest BCUT2D eigenvalue weighted by Crippen LogP contribution is -2.64. The molecule has 2 saturated heterocycles. The molecule has 7 N–H and O–H groups in total. The molecule has 10 atom stereocenters. The van der Waals surface area contributed by atoms with Crippen LogP contribution in [0.2, 0.25) is 0 Å². The lowest BCUT2D eigenvalue weighted by Gasteiger charge is -2.45. The summed E-state index contributed by atoms with van der Waals surface area (Å²) in [7, 11) is 0. The Hall–Kier alpha value is -0.930. The molecule has 0 radical (unpaired) electrons. The van der Waals surface area contributed by atoms with Gasteiger partial charge in [-0.1, -0.05) is 110 Å². The number of rotatable bonds is 23. The summed E-state index contributed by atoms with van der Waals surface area (Å²) in [6.07, 6.45) is 5.33. The van der Waals surface area contributed by atoms with Crippen LogP contribution in [0, 0.1) is 0 Å². The van der Waals surface area contributed by atoms with Crippen LogP contribution in [0.15, 0.2) is 0 Å². The maximum atomic E-state index is 12.3. The fourth-order valence-corrected chi connectivity index (χ4v) is 5.80. The third-order valence-corrected chi connectivity index (χ3v) is 8.69. The summed E-state index contributed by atoms with van der Waals surface area (Å²) < 4.78 is 21.5. The lowest BCUT2D eigenvalue weighted by atomic mass is 9.97. The van der Waals surface area contributed by atoms with E-state index in [9.17, 15) is 40.5 Å². The molecule has 0 aliphatic carbocycles. The molecule has 2 fully saturated rings. The maximum absolute atomic E-state index is 12.3. The molecular weight excluding hydrogens is 576 g/mol. The van der Waals surface area contributed by atoms with Crippen LogP contribution in [-0.4, -0.2) is 116 Å². The van der Waals surface area contributed by atoms with E-state index in [2.05, 4.69) is 6.92 Å². The van der Waals surface area contributed by atoms with Crippen molar-refractivity contribution in [2.45, 2.75) is 184 Å². The summed E-state index contributed by atoms with van der Waals surface area (Å²) in [4.78, 5) is 12.3. The molecular formula is C32H60O12. The summed E-state index contributed by atoms with van der Waals surface area (Å²) in [6, 6.07) is 0. The van der Waals surface area contributed by atoms with Crippen LogP contribution < -0.4 is 0 Å². The number of carbonyl (C=O) groups excluding carboxylic acids is 1. The second-order valence-corrected chi connectivity index (χ2v) is 12.4. The average Bonchev–Trinajstić information content (AvgIpc) is 3.01. The van der Waals surface area contributed by atoms with Crippen LogP contribution in [0.25, 0.3) is 0 Å². The quantitative estimate of drug-likeness (QED) is 0.0639. The van der Waals surface area contributed by atoms with Crippen LogP contribution >= 0.6 is 0 Å². The highest BCUT2D eigenvalue weighted by atomic mass is 16.7. The number of esters is 1. The maximum Gasteiger partial charge on any atom is 0.305 e. The van der Waals surface area contributed by atoms with Crippen molar-refractivity contribution in [1.29, 1.82) is 0 Å². The third-order valence-electron chi connectivity index (χ3n) is 8.69.